The van der Waals surface area contributed by atoms with Gasteiger partial charge in [0.2, 0.25) is 0 Å². The normalized spacial score (nSPS) is 11.1. The van der Waals surface area contributed by atoms with E-state index < -0.39 is 23.6 Å². The summed E-state index contributed by atoms with van der Waals surface area (Å²) in [5.74, 6) is -1.40. The first kappa shape index (κ1) is 21.5. The van der Waals surface area contributed by atoms with Gasteiger partial charge in [-0.25, -0.2) is 4.98 Å². The SMILES string of the molecule is O=Cc1ncc(NC(=O)c2cc(NC(=O)c3cccc(C(F)(F)F)c3)ccc2Cl)s1. The van der Waals surface area contributed by atoms with E-state index in [9.17, 15) is 27.6 Å². The molecular weight excluding hydrogens is 443 g/mol. The molecule has 0 atom stereocenters. The van der Waals surface area contributed by atoms with E-state index in [1.54, 1.807) is 0 Å². The van der Waals surface area contributed by atoms with Crippen LogP contribution < -0.4 is 10.6 Å². The van der Waals surface area contributed by atoms with E-state index in [1.807, 2.05) is 0 Å². The molecule has 0 fully saturated rings. The van der Waals surface area contributed by atoms with Gasteiger partial charge in [0.1, 0.15) is 5.00 Å². The second-order valence-electron chi connectivity index (χ2n) is 5.86. The Morgan fingerprint density at radius 1 is 1.07 bits per heavy atom. The summed E-state index contributed by atoms with van der Waals surface area (Å²) >= 11 is 7.01. The fourth-order valence-electron chi connectivity index (χ4n) is 2.40. The highest BCUT2D eigenvalue weighted by atomic mass is 35.5. The van der Waals surface area contributed by atoms with Crippen LogP contribution in [0.25, 0.3) is 0 Å². The summed E-state index contributed by atoms with van der Waals surface area (Å²) in [5.41, 5.74) is -0.980. The molecule has 0 radical (unpaired) electrons. The molecule has 2 N–H and O–H groups in total. The van der Waals surface area contributed by atoms with Gasteiger partial charge in [-0.1, -0.05) is 29.0 Å². The number of hydrogen-bond acceptors (Lipinski definition) is 5. The van der Waals surface area contributed by atoms with Gasteiger partial charge in [0.15, 0.2) is 11.3 Å². The molecule has 1 heterocycles. The minimum absolute atomic E-state index is 0.0135. The van der Waals surface area contributed by atoms with Gasteiger partial charge in [-0.2, -0.15) is 13.2 Å². The lowest BCUT2D eigenvalue weighted by Gasteiger charge is -2.11. The molecule has 3 aromatic rings. The lowest BCUT2D eigenvalue weighted by molar-refractivity contribution is -0.137. The summed E-state index contributed by atoms with van der Waals surface area (Å²) in [4.78, 5) is 39.3. The Hall–Kier alpha value is -3.24. The third kappa shape index (κ3) is 5.02. The van der Waals surface area contributed by atoms with Gasteiger partial charge in [-0.05, 0) is 36.4 Å². The number of benzene rings is 2. The zero-order valence-electron chi connectivity index (χ0n) is 14.8. The highest BCUT2D eigenvalue weighted by molar-refractivity contribution is 7.17. The molecule has 154 valence electrons. The van der Waals surface area contributed by atoms with Gasteiger partial charge < -0.3 is 10.6 Å². The second kappa shape index (κ2) is 8.64. The standard InChI is InChI=1S/C19H11ClF3N3O3S/c20-14-5-4-12(7-13(14)18(29)26-15-8-24-16(9-27)30-15)25-17(28)10-2-1-3-11(6-10)19(21,22)23/h1-9H,(H,25,28)(H,26,29). The topological polar surface area (TPSA) is 88.2 Å². The predicted octanol–water partition coefficient (Wildman–Crippen LogP) is 5.13. The summed E-state index contributed by atoms with van der Waals surface area (Å²) in [6, 6.07) is 8.00. The number of nitrogens with one attached hydrogen (secondary N) is 2. The van der Waals surface area contributed by atoms with Gasteiger partial charge in [-0.3, -0.25) is 14.4 Å². The summed E-state index contributed by atoms with van der Waals surface area (Å²) in [6.07, 6.45) is -2.74. The van der Waals surface area contributed by atoms with Crippen molar-refractivity contribution in [3.8, 4) is 0 Å². The summed E-state index contributed by atoms with van der Waals surface area (Å²) in [7, 11) is 0. The number of rotatable bonds is 5. The van der Waals surface area contributed by atoms with Gasteiger partial charge in [0.25, 0.3) is 11.8 Å². The van der Waals surface area contributed by atoms with Gasteiger partial charge in [0, 0.05) is 11.3 Å². The van der Waals surface area contributed by atoms with Crippen LogP contribution in [-0.4, -0.2) is 23.1 Å². The molecule has 30 heavy (non-hydrogen) atoms. The van der Waals surface area contributed by atoms with Crippen LogP contribution in [0.5, 0.6) is 0 Å². The van der Waals surface area contributed by atoms with E-state index in [2.05, 4.69) is 15.6 Å². The van der Waals surface area contributed by atoms with Crippen LogP contribution in [0, 0.1) is 0 Å². The van der Waals surface area contributed by atoms with Crippen molar-refractivity contribution in [2.45, 2.75) is 6.18 Å². The molecule has 2 aromatic carbocycles. The Labute approximate surface area is 176 Å². The quantitative estimate of drug-likeness (QED) is 0.524. The van der Waals surface area contributed by atoms with Gasteiger partial charge in [-0.15, -0.1) is 0 Å². The number of halogens is 4. The minimum Gasteiger partial charge on any atom is -0.322 e. The van der Waals surface area contributed by atoms with Crippen LogP contribution in [0.2, 0.25) is 5.02 Å². The minimum atomic E-state index is -4.58. The van der Waals surface area contributed by atoms with Crippen LogP contribution >= 0.6 is 22.9 Å². The van der Waals surface area contributed by atoms with Crippen LogP contribution in [0.4, 0.5) is 23.9 Å². The number of carbonyl (C=O) groups is 3. The largest absolute Gasteiger partial charge is 0.416 e. The molecule has 6 nitrogen and oxygen atoms in total. The molecule has 0 aliphatic rings. The number of aromatic nitrogens is 1. The molecule has 1 aromatic heterocycles. The van der Waals surface area contributed by atoms with Crippen molar-refractivity contribution in [3.63, 3.8) is 0 Å². The molecule has 2 amide bonds. The predicted molar refractivity (Wildman–Crippen MR) is 106 cm³/mol. The van der Waals surface area contributed by atoms with Gasteiger partial charge >= 0.3 is 6.18 Å². The third-order valence-electron chi connectivity index (χ3n) is 3.78. The van der Waals surface area contributed by atoms with Crippen LogP contribution in [-0.2, 0) is 6.18 Å². The number of nitrogens with zero attached hydrogens (tertiary/aromatic N) is 1. The second-order valence-corrected chi connectivity index (χ2v) is 7.33. The average Bonchev–Trinajstić information content (AvgIpc) is 3.16. The van der Waals surface area contributed by atoms with Crippen molar-refractivity contribution in [2.24, 2.45) is 0 Å². The number of hydrogen-bond donors (Lipinski definition) is 2. The van der Waals surface area contributed by atoms with Gasteiger partial charge in [0.05, 0.1) is 22.3 Å². The van der Waals surface area contributed by atoms with Crippen LogP contribution in [0.3, 0.4) is 0 Å². The van der Waals surface area contributed by atoms with E-state index in [0.29, 0.717) is 11.3 Å². The zero-order chi connectivity index (χ0) is 21.9. The highest BCUT2D eigenvalue weighted by Gasteiger charge is 2.30. The van der Waals surface area contributed by atoms with Crippen molar-refractivity contribution < 1.29 is 27.6 Å². The number of amides is 2. The Bertz CT molecular complexity index is 1130. The fraction of sp³-hybridized carbons (Fsp3) is 0.0526. The van der Waals surface area contributed by atoms with Crippen molar-refractivity contribution in [1.82, 2.24) is 4.98 Å². The first-order valence-corrected chi connectivity index (χ1v) is 9.37. The van der Waals surface area contributed by atoms with Crippen LogP contribution in [0.1, 0.15) is 36.1 Å². The van der Waals surface area contributed by atoms with E-state index in [0.717, 1.165) is 29.5 Å². The number of thiazole rings is 1. The average molecular weight is 454 g/mol. The first-order chi connectivity index (χ1) is 14.2. The molecule has 0 aliphatic heterocycles. The fourth-order valence-corrected chi connectivity index (χ4v) is 3.23. The Kier molecular flexibility index (Phi) is 6.18. The van der Waals surface area contributed by atoms with Crippen molar-refractivity contribution in [1.29, 1.82) is 0 Å². The van der Waals surface area contributed by atoms with E-state index in [1.165, 1.54) is 30.5 Å². The summed E-state index contributed by atoms with van der Waals surface area (Å²) in [6.45, 7) is 0. The number of alkyl halides is 3. The smallest absolute Gasteiger partial charge is 0.322 e. The molecule has 0 saturated heterocycles. The molecule has 0 saturated carbocycles. The molecule has 3 rings (SSSR count). The molecule has 0 spiro atoms. The molecule has 11 heteroatoms. The summed E-state index contributed by atoms with van der Waals surface area (Å²) in [5, 5.41) is 5.54. The lowest BCUT2D eigenvalue weighted by Crippen LogP contribution is -2.15. The monoisotopic (exact) mass is 453 g/mol. The van der Waals surface area contributed by atoms with E-state index >= 15 is 0 Å². The van der Waals surface area contributed by atoms with Crippen LogP contribution in [0.15, 0.2) is 48.7 Å². The highest BCUT2D eigenvalue weighted by Crippen LogP contribution is 2.30. The molecule has 0 aliphatic carbocycles. The number of carbonyl (C=O) groups excluding carboxylic acids is 3. The maximum atomic E-state index is 12.8. The van der Waals surface area contributed by atoms with E-state index in [-0.39, 0.29) is 26.8 Å². The van der Waals surface area contributed by atoms with Crippen molar-refractivity contribution in [2.75, 3.05) is 10.6 Å². The lowest BCUT2D eigenvalue weighted by atomic mass is 10.1. The molecular formula is C19H11ClF3N3O3S. The maximum Gasteiger partial charge on any atom is 0.416 e. The Morgan fingerprint density at radius 2 is 1.83 bits per heavy atom. The first-order valence-electron chi connectivity index (χ1n) is 8.18. The Balaban J connectivity index is 1.78. The summed E-state index contributed by atoms with van der Waals surface area (Å²) < 4.78 is 38.5. The van der Waals surface area contributed by atoms with Crippen molar-refractivity contribution in [3.05, 3.63) is 75.4 Å². The number of aldehydes is 1. The van der Waals surface area contributed by atoms with Crippen molar-refractivity contribution >= 4 is 51.7 Å². The number of anilines is 2. The molecule has 0 unspecified atom stereocenters. The zero-order valence-corrected chi connectivity index (χ0v) is 16.4. The third-order valence-corrected chi connectivity index (χ3v) is 4.95. The Morgan fingerprint density at radius 3 is 2.50 bits per heavy atom. The van der Waals surface area contributed by atoms with E-state index in [4.69, 9.17) is 11.6 Å². The maximum absolute atomic E-state index is 12.8. The molecule has 0 bridgehead atoms.